The highest BCUT2D eigenvalue weighted by Gasteiger charge is 2.22. The van der Waals surface area contributed by atoms with Gasteiger partial charge in [0, 0.05) is 39.5 Å². The van der Waals surface area contributed by atoms with E-state index in [0.29, 0.717) is 6.04 Å². The fourth-order valence-corrected chi connectivity index (χ4v) is 5.29. The Hall–Kier alpha value is -0.650. The maximum atomic E-state index is 4.59. The quantitative estimate of drug-likeness (QED) is 0.940. The van der Waals surface area contributed by atoms with Crippen molar-refractivity contribution in [1.82, 2.24) is 15.3 Å². The van der Waals surface area contributed by atoms with Gasteiger partial charge >= 0.3 is 0 Å². The van der Waals surface area contributed by atoms with E-state index in [1.807, 2.05) is 18.3 Å². The Morgan fingerprint density at radius 3 is 2.75 bits per heavy atom. The second-order valence-corrected chi connectivity index (χ2v) is 8.20. The summed E-state index contributed by atoms with van der Waals surface area (Å²) in [6, 6.07) is 0.661. The molecule has 1 aliphatic rings. The topological polar surface area (TPSA) is 37.8 Å². The molecule has 0 radical (unpaired) electrons. The standard InChI is InChI=1S/C15H21N3S2/c1-8-5-12(7-19-8)16-6-13-9(2)14-10(3)17-11(4)18-15(14)20-13/h8,12,16H,5-7H2,1-4H3. The van der Waals surface area contributed by atoms with E-state index in [1.165, 1.54) is 28.0 Å². The maximum absolute atomic E-state index is 4.59. The molecule has 2 atom stereocenters. The van der Waals surface area contributed by atoms with E-state index in [4.69, 9.17) is 0 Å². The normalized spacial score (nSPS) is 22.8. The van der Waals surface area contributed by atoms with Gasteiger partial charge in [0.15, 0.2) is 0 Å². The van der Waals surface area contributed by atoms with Crippen LogP contribution in [0.1, 0.15) is 35.3 Å². The first-order chi connectivity index (χ1) is 9.54. The summed E-state index contributed by atoms with van der Waals surface area (Å²) in [5.41, 5.74) is 2.46. The van der Waals surface area contributed by atoms with Gasteiger partial charge in [0.05, 0.1) is 0 Å². The Morgan fingerprint density at radius 2 is 2.05 bits per heavy atom. The minimum atomic E-state index is 0.661. The van der Waals surface area contributed by atoms with Crippen LogP contribution in [-0.2, 0) is 6.54 Å². The molecule has 3 rings (SSSR count). The van der Waals surface area contributed by atoms with Gasteiger partial charge in [-0.3, -0.25) is 0 Å². The summed E-state index contributed by atoms with van der Waals surface area (Å²) in [7, 11) is 0. The molecule has 0 spiro atoms. The second kappa shape index (κ2) is 5.62. The largest absolute Gasteiger partial charge is 0.308 e. The van der Waals surface area contributed by atoms with Crippen molar-refractivity contribution in [2.75, 3.05) is 5.75 Å². The fourth-order valence-electron chi connectivity index (χ4n) is 2.88. The third-order valence-electron chi connectivity index (χ3n) is 3.93. The summed E-state index contributed by atoms with van der Waals surface area (Å²) in [4.78, 5) is 11.6. The van der Waals surface area contributed by atoms with Crippen molar-refractivity contribution >= 4 is 33.3 Å². The number of fused-ring (bicyclic) bond motifs is 1. The van der Waals surface area contributed by atoms with Crippen LogP contribution in [0.2, 0.25) is 0 Å². The minimum Gasteiger partial charge on any atom is -0.308 e. The van der Waals surface area contributed by atoms with E-state index < -0.39 is 0 Å². The summed E-state index contributed by atoms with van der Waals surface area (Å²) >= 11 is 3.89. The Labute approximate surface area is 128 Å². The van der Waals surface area contributed by atoms with Crippen LogP contribution in [0.15, 0.2) is 0 Å². The van der Waals surface area contributed by atoms with Gasteiger partial charge in [0.25, 0.3) is 0 Å². The molecule has 0 aromatic carbocycles. The summed E-state index contributed by atoms with van der Waals surface area (Å²) in [5, 5.41) is 5.76. The van der Waals surface area contributed by atoms with Crippen molar-refractivity contribution in [1.29, 1.82) is 0 Å². The third kappa shape index (κ3) is 2.71. The lowest BCUT2D eigenvalue weighted by Gasteiger charge is -2.10. The zero-order valence-electron chi connectivity index (χ0n) is 12.5. The first-order valence-electron chi connectivity index (χ1n) is 7.12. The van der Waals surface area contributed by atoms with Crippen molar-refractivity contribution < 1.29 is 0 Å². The first-order valence-corrected chi connectivity index (χ1v) is 8.99. The van der Waals surface area contributed by atoms with E-state index >= 15 is 0 Å². The Balaban J connectivity index is 1.81. The number of aromatic nitrogens is 2. The molecule has 20 heavy (non-hydrogen) atoms. The SMILES string of the molecule is Cc1nc(C)c2c(C)c(CNC3CSC(C)C3)sc2n1. The van der Waals surface area contributed by atoms with Crippen LogP contribution in [0.25, 0.3) is 10.2 Å². The molecule has 1 aliphatic heterocycles. The van der Waals surface area contributed by atoms with Crippen LogP contribution in [0, 0.1) is 20.8 Å². The highest BCUT2D eigenvalue weighted by Crippen LogP contribution is 2.32. The molecule has 1 saturated heterocycles. The van der Waals surface area contributed by atoms with Gasteiger partial charge in [-0.2, -0.15) is 11.8 Å². The van der Waals surface area contributed by atoms with Crippen LogP contribution in [0.5, 0.6) is 0 Å². The second-order valence-electron chi connectivity index (χ2n) is 5.64. The molecule has 0 aliphatic carbocycles. The first kappa shape index (κ1) is 14.3. The molecule has 0 amide bonds. The van der Waals surface area contributed by atoms with E-state index in [2.05, 4.69) is 47.8 Å². The van der Waals surface area contributed by atoms with Crippen LogP contribution in [-0.4, -0.2) is 27.0 Å². The molecular weight excluding hydrogens is 286 g/mol. The zero-order valence-corrected chi connectivity index (χ0v) is 14.1. The lowest BCUT2D eigenvalue weighted by Crippen LogP contribution is -2.28. The fraction of sp³-hybridized carbons (Fsp3) is 0.600. The van der Waals surface area contributed by atoms with Crippen LogP contribution >= 0.6 is 23.1 Å². The van der Waals surface area contributed by atoms with E-state index in [-0.39, 0.29) is 0 Å². The number of aryl methyl sites for hydroxylation is 3. The average Bonchev–Trinajstić information content (AvgIpc) is 2.91. The molecule has 108 valence electrons. The van der Waals surface area contributed by atoms with Crippen molar-refractivity contribution in [2.24, 2.45) is 0 Å². The van der Waals surface area contributed by atoms with Gasteiger partial charge in [-0.05, 0) is 32.8 Å². The molecular formula is C15H21N3S2. The molecule has 0 saturated carbocycles. The van der Waals surface area contributed by atoms with Crippen LogP contribution in [0.3, 0.4) is 0 Å². The van der Waals surface area contributed by atoms with Gasteiger partial charge in [0.2, 0.25) is 0 Å². The number of rotatable bonds is 3. The predicted molar refractivity (Wildman–Crippen MR) is 88.8 cm³/mol. The van der Waals surface area contributed by atoms with Crippen LogP contribution < -0.4 is 5.32 Å². The molecule has 1 fully saturated rings. The maximum Gasteiger partial charge on any atom is 0.127 e. The van der Waals surface area contributed by atoms with Crippen molar-refractivity contribution in [3.8, 4) is 0 Å². The van der Waals surface area contributed by atoms with Gasteiger partial charge in [0.1, 0.15) is 10.7 Å². The van der Waals surface area contributed by atoms with Gasteiger partial charge < -0.3 is 5.32 Å². The van der Waals surface area contributed by atoms with Gasteiger partial charge in [-0.1, -0.05) is 6.92 Å². The number of hydrogen-bond donors (Lipinski definition) is 1. The molecule has 2 aromatic rings. The zero-order chi connectivity index (χ0) is 14.3. The van der Waals surface area contributed by atoms with Crippen LogP contribution in [0.4, 0.5) is 0 Å². The van der Waals surface area contributed by atoms with E-state index in [9.17, 15) is 0 Å². The van der Waals surface area contributed by atoms with E-state index in [0.717, 1.165) is 28.1 Å². The Kier molecular flexibility index (Phi) is 4.02. The summed E-state index contributed by atoms with van der Waals surface area (Å²) in [6.07, 6.45) is 1.28. The van der Waals surface area contributed by atoms with Gasteiger partial charge in [-0.25, -0.2) is 9.97 Å². The highest BCUT2D eigenvalue weighted by atomic mass is 32.2. The number of nitrogens with one attached hydrogen (secondary N) is 1. The molecule has 3 nitrogen and oxygen atoms in total. The molecule has 3 heterocycles. The summed E-state index contributed by atoms with van der Waals surface area (Å²) in [5.74, 6) is 2.11. The predicted octanol–water partition coefficient (Wildman–Crippen LogP) is 3.60. The number of thioether (sulfide) groups is 1. The monoisotopic (exact) mass is 307 g/mol. The lowest BCUT2D eigenvalue weighted by atomic mass is 10.1. The molecule has 5 heteroatoms. The third-order valence-corrected chi connectivity index (χ3v) is 6.47. The van der Waals surface area contributed by atoms with E-state index in [1.54, 1.807) is 0 Å². The molecule has 0 bridgehead atoms. The molecule has 1 N–H and O–H groups in total. The minimum absolute atomic E-state index is 0.661. The molecule has 2 aromatic heterocycles. The number of nitrogens with zero attached hydrogens (tertiary/aromatic N) is 2. The van der Waals surface area contributed by atoms with Crippen molar-refractivity contribution in [3.05, 3.63) is 22.0 Å². The summed E-state index contributed by atoms with van der Waals surface area (Å²) in [6.45, 7) is 9.54. The highest BCUT2D eigenvalue weighted by molar-refractivity contribution is 8.00. The van der Waals surface area contributed by atoms with Crippen molar-refractivity contribution in [2.45, 2.75) is 52.0 Å². The Morgan fingerprint density at radius 1 is 1.25 bits per heavy atom. The van der Waals surface area contributed by atoms with Gasteiger partial charge in [-0.15, -0.1) is 11.3 Å². The van der Waals surface area contributed by atoms with Crippen molar-refractivity contribution in [3.63, 3.8) is 0 Å². The molecule has 2 unspecified atom stereocenters. The average molecular weight is 307 g/mol. The summed E-state index contributed by atoms with van der Waals surface area (Å²) < 4.78 is 0. The number of thiophene rings is 1. The number of hydrogen-bond acceptors (Lipinski definition) is 5. The lowest BCUT2D eigenvalue weighted by molar-refractivity contribution is 0.541. The Bertz CT molecular complexity index is 636. The smallest absolute Gasteiger partial charge is 0.127 e.